The Balaban J connectivity index is 1.07. The van der Waals surface area contributed by atoms with Gasteiger partial charge in [0.2, 0.25) is 0 Å². The van der Waals surface area contributed by atoms with Gasteiger partial charge >= 0.3 is 0 Å². The van der Waals surface area contributed by atoms with Crippen LogP contribution in [0.5, 0.6) is 0 Å². The molecule has 0 aromatic heterocycles. The first-order chi connectivity index (χ1) is 31.2. The third-order valence-electron chi connectivity index (χ3n) is 12.8. The molecule has 0 heterocycles. The highest BCUT2D eigenvalue weighted by atomic mass is 15.1. The fourth-order valence-electron chi connectivity index (χ4n) is 9.83. The van der Waals surface area contributed by atoms with Gasteiger partial charge in [0.05, 0.1) is 5.69 Å². The summed E-state index contributed by atoms with van der Waals surface area (Å²) in [5, 5.41) is 12.4. The minimum absolute atomic E-state index is 1.10. The maximum absolute atomic E-state index is 2.45. The van der Waals surface area contributed by atoms with Gasteiger partial charge in [0.25, 0.3) is 0 Å². The molecule has 12 aromatic rings. The second-order valence-corrected chi connectivity index (χ2v) is 16.4. The molecular formula is C62H41N. The van der Waals surface area contributed by atoms with Gasteiger partial charge in [-0.05, 0) is 135 Å². The van der Waals surface area contributed by atoms with E-state index < -0.39 is 0 Å². The van der Waals surface area contributed by atoms with Crippen molar-refractivity contribution >= 4 is 70.9 Å². The minimum Gasteiger partial charge on any atom is -0.310 e. The normalized spacial score (nSPS) is 11.5. The summed E-state index contributed by atoms with van der Waals surface area (Å²) >= 11 is 0. The molecule has 0 spiro atoms. The SMILES string of the molecule is c1ccc(-c2ccc3cc(N(c4cccc(-c5ccc6c(c5)c(-c5ccccc5)c(-c5ccccc5)c5ccccc56)c4)c4cccc5c4ccc4ccccc45)ccc3c2)cc1. The first-order valence-corrected chi connectivity index (χ1v) is 21.7. The summed E-state index contributed by atoms with van der Waals surface area (Å²) in [5.41, 5.74) is 13.1. The van der Waals surface area contributed by atoms with E-state index in [0.29, 0.717) is 0 Å². The predicted octanol–water partition coefficient (Wildman–Crippen LogP) is 17.6. The van der Waals surface area contributed by atoms with Gasteiger partial charge in [0, 0.05) is 16.8 Å². The number of nitrogens with zero attached hydrogens (tertiary/aromatic N) is 1. The fraction of sp³-hybridized carbons (Fsp3) is 0. The van der Waals surface area contributed by atoms with Gasteiger partial charge in [-0.25, -0.2) is 0 Å². The molecule has 0 bridgehead atoms. The maximum Gasteiger partial charge on any atom is 0.0540 e. The third kappa shape index (κ3) is 6.42. The Kier molecular flexibility index (Phi) is 8.90. The third-order valence-corrected chi connectivity index (χ3v) is 12.8. The van der Waals surface area contributed by atoms with Crippen LogP contribution < -0.4 is 4.90 Å². The van der Waals surface area contributed by atoms with Crippen molar-refractivity contribution in [1.29, 1.82) is 0 Å². The van der Waals surface area contributed by atoms with Crippen LogP contribution in [-0.2, 0) is 0 Å². The van der Waals surface area contributed by atoms with E-state index in [0.717, 1.165) is 22.6 Å². The Morgan fingerprint density at radius 1 is 0.206 bits per heavy atom. The van der Waals surface area contributed by atoms with E-state index in [1.54, 1.807) is 0 Å². The van der Waals surface area contributed by atoms with Crippen molar-refractivity contribution in [3.63, 3.8) is 0 Å². The predicted molar refractivity (Wildman–Crippen MR) is 270 cm³/mol. The molecule has 0 radical (unpaired) electrons. The van der Waals surface area contributed by atoms with Crippen LogP contribution >= 0.6 is 0 Å². The van der Waals surface area contributed by atoms with Crippen LogP contribution in [0, 0.1) is 0 Å². The molecule has 0 aliphatic rings. The first-order valence-electron chi connectivity index (χ1n) is 21.7. The van der Waals surface area contributed by atoms with Crippen molar-refractivity contribution < 1.29 is 0 Å². The molecule has 1 nitrogen and oxygen atoms in total. The Bertz CT molecular complexity index is 3670. The molecule has 0 fully saturated rings. The average Bonchev–Trinajstić information content (AvgIpc) is 3.36. The van der Waals surface area contributed by atoms with Gasteiger partial charge in [-0.1, -0.05) is 206 Å². The number of hydrogen-bond donors (Lipinski definition) is 0. The summed E-state index contributed by atoms with van der Waals surface area (Å²) in [5.74, 6) is 0. The highest BCUT2D eigenvalue weighted by molar-refractivity contribution is 6.22. The largest absolute Gasteiger partial charge is 0.310 e. The molecule has 0 amide bonds. The Labute approximate surface area is 367 Å². The maximum atomic E-state index is 2.45. The number of rotatable bonds is 7. The van der Waals surface area contributed by atoms with Crippen molar-refractivity contribution in [2.45, 2.75) is 0 Å². The molecule has 12 aromatic carbocycles. The van der Waals surface area contributed by atoms with Crippen molar-refractivity contribution in [3.8, 4) is 44.5 Å². The smallest absolute Gasteiger partial charge is 0.0540 e. The Morgan fingerprint density at radius 2 is 0.683 bits per heavy atom. The van der Waals surface area contributed by atoms with E-state index in [9.17, 15) is 0 Å². The topological polar surface area (TPSA) is 3.24 Å². The molecule has 63 heavy (non-hydrogen) atoms. The summed E-state index contributed by atoms with van der Waals surface area (Å²) in [4.78, 5) is 2.45. The Morgan fingerprint density at radius 3 is 1.46 bits per heavy atom. The van der Waals surface area contributed by atoms with E-state index in [4.69, 9.17) is 0 Å². The summed E-state index contributed by atoms with van der Waals surface area (Å²) < 4.78 is 0. The molecule has 0 aliphatic heterocycles. The van der Waals surface area contributed by atoms with Crippen LogP contribution in [0.4, 0.5) is 17.1 Å². The quantitative estimate of drug-likeness (QED) is 0.145. The molecule has 0 saturated heterocycles. The van der Waals surface area contributed by atoms with Crippen molar-refractivity contribution in [3.05, 3.63) is 249 Å². The average molecular weight is 800 g/mol. The van der Waals surface area contributed by atoms with Gasteiger partial charge in [0.1, 0.15) is 0 Å². The highest BCUT2D eigenvalue weighted by Crippen LogP contribution is 2.47. The lowest BCUT2D eigenvalue weighted by molar-refractivity contribution is 1.30. The second-order valence-electron chi connectivity index (χ2n) is 16.4. The highest BCUT2D eigenvalue weighted by Gasteiger charge is 2.20. The zero-order valence-corrected chi connectivity index (χ0v) is 34.6. The summed E-state index contributed by atoms with van der Waals surface area (Å²) in [6, 6.07) is 91.1. The molecule has 0 unspecified atom stereocenters. The number of hydrogen-bond acceptors (Lipinski definition) is 1. The standard InChI is InChI=1S/C62H41N/c1-4-16-42(17-5-1)47-30-31-49-40-52(35-32-48(49)38-47)63(60-29-15-28-54-53-25-11-10-18-43(53)33-37-57(54)60)51-24-14-23-46(39-51)50-34-36-56-55-26-12-13-27-58(55)61(44-19-6-2-7-20-44)62(59(56)41-50)45-21-8-3-9-22-45/h1-41H. The second kappa shape index (κ2) is 15.3. The van der Waals surface area contributed by atoms with Crippen molar-refractivity contribution in [1.82, 2.24) is 0 Å². The van der Waals surface area contributed by atoms with E-state index in [2.05, 4.69) is 254 Å². The lowest BCUT2D eigenvalue weighted by Crippen LogP contribution is -2.10. The van der Waals surface area contributed by atoms with Crippen LogP contribution in [0.3, 0.4) is 0 Å². The summed E-state index contributed by atoms with van der Waals surface area (Å²) in [6.45, 7) is 0. The van der Waals surface area contributed by atoms with Gasteiger partial charge in [0.15, 0.2) is 0 Å². The van der Waals surface area contributed by atoms with Gasteiger partial charge in [-0.3, -0.25) is 0 Å². The molecule has 0 atom stereocenters. The zero-order valence-electron chi connectivity index (χ0n) is 34.6. The number of anilines is 3. The van der Waals surface area contributed by atoms with Crippen molar-refractivity contribution in [2.75, 3.05) is 4.90 Å². The van der Waals surface area contributed by atoms with Crippen LogP contribution in [-0.4, -0.2) is 0 Å². The molecule has 294 valence electrons. The molecule has 12 rings (SSSR count). The first kappa shape index (κ1) is 36.6. The zero-order chi connectivity index (χ0) is 41.7. The summed E-state index contributed by atoms with van der Waals surface area (Å²) in [7, 11) is 0. The van der Waals surface area contributed by atoms with Gasteiger partial charge in [-0.15, -0.1) is 0 Å². The number of fused-ring (bicyclic) bond motifs is 7. The van der Waals surface area contributed by atoms with Crippen molar-refractivity contribution in [2.24, 2.45) is 0 Å². The monoisotopic (exact) mass is 799 g/mol. The van der Waals surface area contributed by atoms with E-state index in [1.165, 1.54) is 92.8 Å². The Hall–Kier alpha value is -8.26. The van der Waals surface area contributed by atoms with Crippen LogP contribution in [0.15, 0.2) is 249 Å². The fourth-order valence-corrected chi connectivity index (χ4v) is 9.83. The van der Waals surface area contributed by atoms with Crippen LogP contribution in [0.1, 0.15) is 0 Å². The molecular weight excluding hydrogens is 759 g/mol. The molecule has 0 N–H and O–H groups in total. The van der Waals surface area contributed by atoms with E-state index >= 15 is 0 Å². The van der Waals surface area contributed by atoms with Crippen LogP contribution in [0.25, 0.3) is 98.4 Å². The van der Waals surface area contributed by atoms with E-state index in [1.807, 2.05) is 0 Å². The van der Waals surface area contributed by atoms with Crippen LogP contribution in [0.2, 0.25) is 0 Å². The molecule has 0 aliphatic carbocycles. The lowest BCUT2D eigenvalue weighted by Gasteiger charge is -2.28. The van der Waals surface area contributed by atoms with E-state index in [-0.39, 0.29) is 0 Å². The van der Waals surface area contributed by atoms with Gasteiger partial charge in [-0.2, -0.15) is 0 Å². The lowest BCUT2D eigenvalue weighted by atomic mass is 9.84. The summed E-state index contributed by atoms with van der Waals surface area (Å²) in [6.07, 6.45) is 0. The molecule has 1 heteroatoms. The minimum atomic E-state index is 1.10. The van der Waals surface area contributed by atoms with Gasteiger partial charge < -0.3 is 4.90 Å². The molecule has 0 saturated carbocycles. The number of benzene rings is 12.